The number of carbonyl (C=O) groups excluding carboxylic acids is 1. The van der Waals surface area contributed by atoms with Gasteiger partial charge in [0.25, 0.3) is 5.91 Å². The molecule has 0 aliphatic heterocycles. The van der Waals surface area contributed by atoms with Crippen molar-refractivity contribution in [1.29, 1.82) is 0 Å². The SMILES string of the molecule is Cc1cc(Br)ccc1C(=O)NC(C(=O)O)c1cnn(C)c1. The molecule has 7 heteroatoms. The Morgan fingerprint density at radius 3 is 2.67 bits per heavy atom. The van der Waals surface area contributed by atoms with E-state index in [9.17, 15) is 14.7 Å². The van der Waals surface area contributed by atoms with Gasteiger partial charge in [0.05, 0.1) is 6.20 Å². The highest BCUT2D eigenvalue weighted by Crippen LogP contribution is 2.18. The average molecular weight is 352 g/mol. The molecule has 0 radical (unpaired) electrons. The van der Waals surface area contributed by atoms with E-state index in [2.05, 4.69) is 26.3 Å². The average Bonchev–Trinajstić information content (AvgIpc) is 2.81. The third-order valence-electron chi connectivity index (χ3n) is 3.01. The zero-order valence-electron chi connectivity index (χ0n) is 11.5. The van der Waals surface area contributed by atoms with Crippen LogP contribution in [0.15, 0.2) is 35.1 Å². The van der Waals surface area contributed by atoms with E-state index in [4.69, 9.17) is 0 Å². The van der Waals surface area contributed by atoms with Crippen LogP contribution in [0.25, 0.3) is 0 Å². The van der Waals surface area contributed by atoms with Crippen molar-refractivity contribution in [2.45, 2.75) is 13.0 Å². The highest BCUT2D eigenvalue weighted by atomic mass is 79.9. The van der Waals surface area contributed by atoms with Crippen molar-refractivity contribution in [1.82, 2.24) is 15.1 Å². The quantitative estimate of drug-likeness (QED) is 0.882. The number of halogens is 1. The molecule has 1 unspecified atom stereocenters. The number of hydrogen-bond donors (Lipinski definition) is 2. The van der Waals surface area contributed by atoms with Gasteiger partial charge in [-0.2, -0.15) is 5.10 Å². The van der Waals surface area contributed by atoms with Gasteiger partial charge in [0.1, 0.15) is 0 Å². The van der Waals surface area contributed by atoms with Crippen molar-refractivity contribution < 1.29 is 14.7 Å². The van der Waals surface area contributed by atoms with Gasteiger partial charge < -0.3 is 10.4 Å². The van der Waals surface area contributed by atoms with Crippen molar-refractivity contribution in [3.8, 4) is 0 Å². The molecule has 2 aromatic rings. The second kappa shape index (κ2) is 6.09. The fourth-order valence-electron chi connectivity index (χ4n) is 1.97. The molecule has 0 saturated heterocycles. The van der Waals surface area contributed by atoms with Gasteiger partial charge in [0.15, 0.2) is 6.04 Å². The van der Waals surface area contributed by atoms with Crippen LogP contribution in [0.5, 0.6) is 0 Å². The van der Waals surface area contributed by atoms with Gasteiger partial charge in [-0.05, 0) is 30.7 Å². The minimum atomic E-state index is -1.13. The summed E-state index contributed by atoms with van der Waals surface area (Å²) in [4.78, 5) is 23.6. The van der Waals surface area contributed by atoms with Crippen LogP contribution >= 0.6 is 15.9 Å². The summed E-state index contributed by atoms with van der Waals surface area (Å²) in [5, 5.41) is 15.7. The summed E-state index contributed by atoms with van der Waals surface area (Å²) < 4.78 is 2.35. The molecular formula is C14H14BrN3O3. The molecule has 1 aromatic heterocycles. The maximum atomic E-state index is 12.3. The second-order valence-electron chi connectivity index (χ2n) is 4.65. The first-order valence-electron chi connectivity index (χ1n) is 6.17. The lowest BCUT2D eigenvalue weighted by Gasteiger charge is -2.14. The Bertz CT molecular complexity index is 697. The van der Waals surface area contributed by atoms with E-state index in [-0.39, 0.29) is 0 Å². The van der Waals surface area contributed by atoms with Crippen LogP contribution in [0.3, 0.4) is 0 Å². The highest BCUT2D eigenvalue weighted by Gasteiger charge is 2.24. The molecule has 0 spiro atoms. The Labute approximate surface area is 129 Å². The predicted molar refractivity (Wildman–Crippen MR) is 79.9 cm³/mol. The summed E-state index contributed by atoms with van der Waals surface area (Å²) >= 11 is 3.32. The second-order valence-corrected chi connectivity index (χ2v) is 5.57. The summed E-state index contributed by atoms with van der Waals surface area (Å²) in [6.07, 6.45) is 2.99. The molecule has 1 amide bonds. The molecule has 1 heterocycles. The molecule has 110 valence electrons. The summed E-state index contributed by atoms with van der Waals surface area (Å²) in [7, 11) is 1.68. The standard InChI is InChI=1S/C14H14BrN3O3/c1-8-5-10(15)3-4-11(8)13(19)17-12(14(20)21)9-6-16-18(2)7-9/h3-7,12H,1-2H3,(H,17,19)(H,20,21). The number of carbonyl (C=O) groups is 2. The first-order valence-corrected chi connectivity index (χ1v) is 6.96. The Morgan fingerprint density at radius 2 is 2.14 bits per heavy atom. The van der Waals surface area contributed by atoms with E-state index in [0.717, 1.165) is 10.0 Å². The lowest BCUT2D eigenvalue weighted by atomic mass is 10.1. The summed E-state index contributed by atoms with van der Waals surface area (Å²) in [5.41, 5.74) is 1.62. The number of carboxylic acid groups (broad SMARTS) is 1. The number of carboxylic acids is 1. The highest BCUT2D eigenvalue weighted by molar-refractivity contribution is 9.10. The Hall–Kier alpha value is -2.15. The molecule has 1 aromatic carbocycles. The van der Waals surface area contributed by atoms with E-state index in [0.29, 0.717) is 11.1 Å². The maximum Gasteiger partial charge on any atom is 0.331 e. The van der Waals surface area contributed by atoms with Gasteiger partial charge >= 0.3 is 5.97 Å². The number of amides is 1. The van der Waals surface area contributed by atoms with Crippen LogP contribution in [-0.4, -0.2) is 26.8 Å². The van der Waals surface area contributed by atoms with Crippen LogP contribution in [-0.2, 0) is 11.8 Å². The van der Waals surface area contributed by atoms with Crippen LogP contribution in [0.1, 0.15) is 27.5 Å². The van der Waals surface area contributed by atoms with Gasteiger partial charge in [-0.3, -0.25) is 9.48 Å². The predicted octanol–water partition coefficient (Wildman–Crippen LogP) is 2.05. The summed E-state index contributed by atoms with van der Waals surface area (Å²) in [5.74, 6) is -1.57. The Kier molecular flexibility index (Phi) is 4.42. The fourth-order valence-corrected chi connectivity index (χ4v) is 2.44. The molecule has 0 aliphatic carbocycles. The zero-order chi connectivity index (χ0) is 15.6. The molecule has 21 heavy (non-hydrogen) atoms. The van der Waals surface area contributed by atoms with E-state index in [1.807, 2.05) is 0 Å². The van der Waals surface area contributed by atoms with Gasteiger partial charge in [-0.1, -0.05) is 15.9 Å². The molecule has 0 fully saturated rings. The number of rotatable bonds is 4. The van der Waals surface area contributed by atoms with Crippen molar-refractivity contribution in [3.63, 3.8) is 0 Å². The summed E-state index contributed by atoms with van der Waals surface area (Å²) in [6.45, 7) is 1.79. The number of aromatic nitrogens is 2. The molecule has 2 N–H and O–H groups in total. The molecular weight excluding hydrogens is 338 g/mol. The Balaban J connectivity index is 2.25. The van der Waals surface area contributed by atoms with E-state index >= 15 is 0 Å². The lowest BCUT2D eigenvalue weighted by molar-refractivity contribution is -0.139. The summed E-state index contributed by atoms with van der Waals surface area (Å²) in [6, 6.07) is 4.06. The molecule has 2 rings (SSSR count). The van der Waals surface area contributed by atoms with Gasteiger partial charge in [-0.25, -0.2) is 4.79 Å². The van der Waals surface area contributed by atoms with E-state index < -0.39 is 17.9 Å². The number of nitrogens with zero attached hydrogens (tertiary/aromatic N) is 2. The van der Waals surface area contributed by atoms with Crippen LogP contribution in [0.2, 0.25) is 0 Å². The number of nitrogens with one attached hydrogen (secondary N) is 1. The molecule has 0 aliphatic rings. The maximum absolute atomic E-state index is 12.3. The fraction of sp³-hybridized carbons (Fsp3) is 0.214. The van der Waals surface area contributed by atoms with Gasteiger partial charge in [0.2, 0.25) is 0 Å². The van der Waals surface area contributed by atoms with E-state index in [1.54, 1.807) is 38.4 Å². The molecule has 0 saturated carbocycles. The molecule has 0 bridgehead atoms. The van der Waals surface area contributed by atoms with Crippen molar-refractivity contribution in [3.05, 3.63) is 51.8 Å². The third kappa shape index (κ3) is 3.49. The van der Waals surface area contributed by atoms with Crippen LogP contribution in [0.4, 0.5) is 0 Å². The first kappa shape index (κ1) is 15.2. The van der Waals surface area contributed by atoms with Crippen LogP contribution < -0.4 is 5.32 Å². The molecule has 1 atom stereocenters. The van der Waals surface area contributed by atoms with E-state index in [1.165, 1.54) is 10.9 Å². The van der Waals surface area contributed by atoms with Gasteiger partial charge in [-0.15, -0.1) is 0 Å². The smallest absolute Gasteiger partial charge is 0.331 e. The topological polar surface area (TPSA) is 84.2 Å². The van der Waals surface area contributed by atoms with Crippen LogP contribution in [0, 0.1) is 6.92 Å². The van der Waals surface area contributed by atoms with Gasteiger partial charge in [0, 0.05) is 28.8 Å². The molecule has 6 nitrogen and oxygen atoms in total. The number of benzene rings is 1. The minimum Gasteiger partial charge on any atom is -0.479 e. The van der Waals surface area contributed by atoms with Crippen molar-refractivity contribution in [2.24, 2.45) is 7.05 Å². The Morgan fingerprint density at radius 1 is 1.43 bits per heavy atom. The number of aliphatic carboxylic acids is 1. The lowest BCUT2D eigenvalue weighted by Crippen LogP contribution is -2.33. The number of hydrogen-bond acceptors (Lipinski definition) is 3. The monoisotopic (exact) mass is 351 g/mol. The third-order valence-corrected chi connectivity index (χ3v) is 3.51. The minimum absolute atomic E-state index is 0.424. The van der Waals surface area contributed by atoms with Crippen molar-refractivity contribution in [2.75, 3.05) is 0 Å². The zero-order valence-corrected chi connectivity index (χ0v) is 13.1. The first-order chi connectivity index (χ1) is 9.88. The van der Waals surface area contributed by atoms with Crippen molar-refractivity contribution >= 4 is 27.8 Å². The largest absolute Gasteiger partial charge is 0.479 e. The normalized spacial score (nSPS) is 12.0. The number of aryl methyl sites for hydroxylation is 2.